The molecule has 1 aliphatic rings. The molecular weight excluding hydrogens is 320 g/mol. The van der Waals surface area contributed by atoms with Gasteiger partial charge >= 0.3 is 0 Å². The first-order valence-electron chi connectivity index (χ1n) is 8.64. The van der Waals surface area contributed by atoms with Crippen LogP contribution in [0.4, 0.5) is 0 Å². The molecule has 2 aromatic carbocycles. The van der Waals surface area contributed by atoms with Crippen LogP contribution in [-0.2, 0) is 14.6 Å². The van der Waals surface area contributed by atoms with Gasteiger partial charge in [0.1, 0.15) is 6.10 Å². The van der Waals surface area contributed by atoms with E-state index in [0.717, 1.165) is 31.2 Å². The Hall–Kier alpha value is -1.65. The monoisotopic (exact) mass is 344 g/mol. The van der Waals surface area contributed by atoms with Crippen molar-refractivity contribution in [1.82, 2.24) is 0 Å². The highest BCUT2D eigenvalue weighted by molar-refractivity contribution is 7.93. The van der Waals surface area contributed by atoms with Crippen molar-refractivity contribution in [2.24, 2.45) is 0 Å². The molecule has 0 N–H and O–H groups in total. The van der Waals surface area contributed by atoms with E-state index in [0.29, 0.717) is 11.3 Å². The summed E-state index contributed by atoms with van der Waals surface area (Å²) in [4.78, 5) is -0.761. The predicted octanol–water partition coefficient (Wildman–Crippen LogP) is 4.90. The Morgan fingerprint density at radius 3 is 2.17 bits per heavy atom. The molecule has 3 rings (SSSR count). The average molecular weight is 344 g/mol. The fourth-order valence-corrected chi connectivity index (χ4v) is 5.21. The number of benzene rings is 2. The van der Waals surface area contributed by atoms with E-state index in [-0.39, 0.29) is 6.10 Å². The number of ether oxygens (including phenoxy) is 1. The van der Waals surface area contributed by atoms with Gasteiger partial charge in [0.2, 0.25) is 14.8 Å². The van der Waals surface area contributed by atoms with Crippen LogP contribution >= 0.6 is 0 Å². The maximum atomic E-state index is 13.2. The number of rotatable bonds is 8. The Morgan fingerprint density at radius 1 is 0.917 bits per heavy atom. The molecule has 2 atom stereocenters. The lowest BCUT2D eigenvalue weighted by molar-refractivity contribution is 0.329. The maximum absolute atomic E-state index is 13.2. The van der Waals surface area contributed by atoms with Gasteiger partial charge in [0.05, 0.1) is 4.90 Å². The Morgan fingerprint density at radius 2 is 1.54 bits per heavy atom. The zero-order valence-electron chi connectivity index (χ0n) is 14.0. The van der Waals surface area contributed by atoms with E-state index in [1.54, 1.807) is 24.3 Å². The van der Waals surface area contributed by atoms with Gasteiger partial charge in [-0.2, -0.15) is 0 Å². The minimum atomic E-state index is -3.53. The van der Waals surface area contributed by atoms with Crippen molar-refractivity contribution in [1.29, 1.82) is 0 Å². The second kappa shape index (κ2) is 7.08. The van der Waals surface area contributed by atoms with Crippen molar-refractivity contribution in [3.8, 4) is 0 Å². The van der Waals surface area contributed by atoms with Gasteiger partial charge in [0.15, 0.2) is 0 Å². The molecule has 128 valence electrons. The summed E-state index contributed by atoms with van der Waals surface area (Å²) in [6.07, 6.45) is 4.32. The highest BCUT2D eigenvalue weighted by Gasteiger charge is 2.66. The molecule has 1 saturated heterocycles. The van der Waals surface area contributed by atoms with Crippen molar-refractivity contribution < 1.29 is 13.2 Å². The summed E-state index contributed by atoms with van der Waals surface area (Å²) >= 11 is 0. The third kappa shape index (κ3) is 3.13. The van der Waals surface area contributed by atoms with E-state index in [4.69, 9.17) is 4.74 Å². The predicted molar refractivity (Wildman–Crippen MR) is 95.4 cm³/mol. The number of hydrogen-bond donors (Lipinski definition) is 0. The highest BCUT2D eigenvalue weighted by atomic mass is 32.2. The smallest absolute Gasteiger partial charge is 0.211 e. The van der Waals surface area contributed by atoms with Gasteiger partial charge in [-0.05, 0) is 30.5 Å². The van der Waals surface area contributed by atoms with Gasteiger partial charge in [0, 0.05) is 0 Å². The zero-order chi connectivity index (χ0) is 17.0. The Kier molecular flexibility index (Phi) is 5.07. The van der Waals surface area contributed by atoms with E-state index in [2.05, 4.69) is 6.92 Å². The second-order valence-electron chi connectivity index (χ2n) is 6.35. The lowest BCUT2D eigenvalue weighted by Gasteiger charge is -2.15. The molecule has 1 fully saturated rings. The molecule has 0 aromatic heterocycles. The topological polar surface area (TPSA) is 46.7 Å². The van der Waals surface area contributed by atoms with E-state index < -0.39 is 14.8 Å². The number of sulfone groups is 1. The standard InChI is InChI=1S/C20H24O3S/c1-2-3-4-11-16-20(19(23-20)17-12-7-5-8-13-17)24(21,22)18-14-9-6-10-15-18/h5-10,12-15,19H,2-4,11,16H2,1H3. The Bertz CT molecular complexity index is 756. The van der Waals surface area contributed by atoms with Crippen LogP contribution in [-0.4, -0.2) is 13.4 Å². The Balaban J connectivity index is 1.90. The van der Waals surface area contributed by atoms with Gasteiger partial charge < -0.3 is 4.74 Å². The van der Waals surface area contributed by atoms with Crippen molar-refractivity contribution >= 4 is 9.84 Å². The van der Waals surface area contributed by atoms with Gasteiger partial charge in [-0.3, -0.25) is 0 Å². The number of unbranched alkanes of at least 4 members (excludes halogenated alkanes) is 3. The summed E-state index contributed by atoms with van der Waals surface area (Å²) < 4.78 is 32.4. The van der Waals surface area contributed by atoms with Gasteiger partial charge in [-0.1, -0.05) is 74.7 Å². The SMILES string of the molecule is CCCCCCC1(S(=O)(=O)c2ccccc2)OC1c1ccccc1. The molecule has 24 heavy (non-hydrogen) atoms. The first kappa shape index (κ1) is 17.2. The second-order valence-corrected chi connectivity index (χ2v) is 8.52. The first-order valence-corrected chi connectivity index (χ1v) is 10.1. The molecular formula is C20H24O3S. The van der Waals surface area contributed by atoms with Crippen LogP contribution in [0.3, 0.4) is 0 Å². The first-order chi connectivity index (χ1) is 11.6. The van der Waals surface area contributed by atoms with Gasteiger partial charge in [-0.25, -0.2) is 8.42 Å². The fraction of sp³-hybridized carbons (Fsp3) is 0.400. The molecule has 3 nitrogen and oxygen atoms in total. The highest BCUT2D eigenvalue weighted by Crippen LogP contribution is 2.58. The minimum Gasteiger partial charge on any atom is -0.343 e. The lowest BCUT2D eigenvalue weighted by atomic mass is 10.0. The van der Waals surface area contributed by atoms with E-state index in [1.807, 2.05) is 36.4 Å². The summed E-state index contributed by atoms with van der Waals surface area (Å²) in [5.74, 6) is 0. The van der Waals surface area contributed by atoms with Crippen LogP contribution in [0.25, 0.3) is 0 Å². The molecule has 1 heterocycles. The van der Waals surface area contributed by atoms with Crippen molar-refractivity contribution in [3.05, 3.63) is 66.2 Å². The largest absolute Gasteiger partial charge is 0.343 e. The lowest BCUT2D eigenvalue weighted by Crippen LogP contribution is -2.26. The van der Waals surface area contributed by atoms with E-state index in [1.165, 1.54) is 0 Å². The van der Waals surface area contributed by atoms with Crippen molar-refractivity contribution in [3.63, 3.8) is 0 Å². The third-order valence-electron chi connectivity index (χ3n) is 4.65. The van der Waals surface area contributed by atoms with Gasteiger partial charge in [-0.15, -0.1) is 0 Å². The average Bonchev–Trinajstić information content (AvgIpc) is 3.37. The maximum Gasteiger partial charge on any atom is 0.211 e. The summed E-state index contributed by atoms with van der Waals surface area (Å²) in [6, 6.07) is 18.3. The molecule has 1 aliphatic heterocycles. The number of epoxide rings is 1. The summed E-state index contributed by atoms with van der Waals surface area (Å²) in [5.41, 5.74) is 0.937. The van der Waals surface area contributed by atoms with Crippen LogP contribution in [0.5, 0.6) is 0 Å². The van der Waals surface area contributed by atoms with Crippen LogP contribution in [0.2, 0.25) is 0 Å². The fourth-order valence-electron chi connectivity index (χ4n) is 3.24. The molecule has 0 saturated carbocycles. The third-order valence-corrected chi connectivity index (χ3v) is 6.97. The molecule has 2 aromatic rings. The van der Waals surface area contributed by atoms with Crippen LogP contribution in [0, 0.1) is 0 Å². The summed E-state index contributed by atoms with van der Waals surface area (Å²) in [5, 5.41) is 0. The molecule has 0 bridgehead atoms. The molecule has 4 heteroatoms. The molecule has 0 aliphatic carbocycles. The zero-order valence-corrected chi connectivity index (χ0v) is 14.8. The van der Waals surface area contributed by atoms with E-state index in [9.17, 15) is 8.42 Å². The quantitative estimate of drug-likeness (QED) is 0.505. The number of hydrogen-bond acceptors (Lipinski definition) is 3. The van der Waals surface area contributed by atoms with Gasteiger partial charge in [0.25, 0.3) is 0 Å². The van der Waals surface area contributed by atoms with Crippen LogP contribution < -0.4 is 0 Å². The van der Waals surface area contributed by atoms with E-state index >= 15 is 0 Å². The molecule has 0 amide bonds. The molecule has 2 unspecified atom stereocenters. The molecule has 0 spiro atoms. The minimum absolute atomic E-state index is 0.346. The summed E-state index contributed by atoms with van der Waals surface area (Å²) in [7, 11) is -3.53. The summed E-state index contributed by atoms with van der Waals surface area (Å²) in [6.45, 7) is 2.15. The van der Waals surface area contributed by atoms with Crippen LogP contribution in [0.1, 0.15) is 50.7 Å². The molecule has 0 radical (unpaired) electrons. The Labute approximate surface area is 144 Å². The van der Waals surface area contributed by atoms with Crippen molar-refractivity contribution in [2.75, 3.05) is 0 Å². The van der Waals surface area contributed by atoms with Crippen LogP contribution in [0.15, 0.2) is 65.6 Å². The van der Waals surface area contributed by atoms with Crippen molar-refractivity contribution in [2.45, 2.75) is 55.0 Å². The normalized spacial score (nSPS) is 23.1.